The highest BCUT2D eigenvalue weighted by atomic mass is 16.5. The summed E-state index contributed by atoms with van der Waals surface area (Å²) in [5, 5.41) is 8.85. The second kappa shape index (κ2) is 6.28. The number of carboxylic acids is 1. The maximum atomic E-state index is 10.8. The normalized spacial score (nSPS) is 12.2. The summed E-state index contributed by atoms with van der Waals surface area (Å²) < 4.78 is 5.55. The molecule has 0 heterocycles. The molecule has 0 amide bonds. The van der Waals surface area contributed by atoms with Crippen LogP contribution in [0.3, 0.4) is 0 Å². The molecular formula is C14H20O3. The van der Waals surface area contributed by atoms with E-state index >= 15 is 0 Å². The van der Waals surface area contributed by atoms with Crippen LogP contribution in [-0.4, -0.2) is 17.7 Å². The van der Waals surface area contributed by atoms with Gasteiger partial charge in [0.2, 0.25) is 0 Å². The summed E-state index contributed by atoms with van der Waals surface area (Å²) in [6.07, 6.45) is 1.08. The summed E-state index contributed by atoms with van der Waals surface area (Å²) in [7, 11) is 0. The maximum absolute atomic E-state index is 10.8. The molecule has 0 saturated carbocycles. The van der Waals surface area contributed by atoms with Crippen LogP contribution in [0, 0.1) is 0 Å². The SMILES string of the molecule is CCOc1ccc(CC)cc1C(C)CC(=O)O. The lowest BCUT2D eigenvalue weighted by molar-refractivity contribution is -0.137. The summed E-state index contributed by atoms with van der Waals surface area (Å²) in [4.78, 5) is 10.8. The molecule has 0 aliphatic heterocycles. The van der Waals surface area contributed by atoms with Crippen LogP contribution in [0.2, 0.25) is 0 Å². The van der Waals surface area contributed by atoms with Gasteiger partial charge in [0, 0.05) is 0 Å². The van der Waals surface area contributed by atoms with Gasteiger partial charge in [0.25, 0.3) is 0 Å². The Morgan fingerprint density at radius 1 is 1.41 bits per heavy atom. The molecule has 0 fully saturated rings. The highest BCUT2D eigenvalue weighted by molar-refractivity contribution is 5.68. The van der Waals surface area contributed by atoms with Crippen molar-refractivity contribution in [3.63, 3.8) is 0 Å². The standard InChI is InChI=1S/C14H20O3/c1-4-11-6-7-13(17-5-2)12(9-11)10(3)8-14(15)16/h6-7,9-10H,4-5,8H2,1-3H3,(H,15,16). The number of aryl methyl sites for hydroxylation is 1. The number of hydrogen-bond donors (Lipinski definition) is 1. The molecule has 0 aromatic heterocycles. The fraction of sp³-hybridized carbons (Fsp3) is 0.500. The molecule has 0 saturated heterocycles. The predicted octanol–water partition coefficient (Wildman–Crippen LogP) is 3.23. The zero-order valence-electron chi connectivity index (χ0n) is 10.7. The molecule has 3 heteroatoms. The van der Waals surface area contributed by atoms with Crippen LogP contribution in [0.1, 0.15) is 44.2 Å². The second-order valence-corrected chi connectivity index (χ2v) is 4.16. The molecule has 0 spiro atoms. The third kappa shape index (κ3) is 3.77. The van der Waals surface area contributed by atoms with Crippen molar-refractivity contribution in [2.75, 3.05) is 6.61 Å². The van der Waals surface area contributed by atoms with Crippen LogP contribution < -0.4 is 4.74 Å². The average molecular weight is 236 g/mol. The van der Waals surface area contributed by atoms with E-state index in [1.165, 1.54) is 5.56 Å². The van der Waals surface area contributed by atoms with Crippen molar-refractivity contribution >= 4 is 5.97 Å². The van der Waals surface area contributed by atoms with Gasteiger partial charge in [0.1, 0.15) is 5.75 Å². The van der Waals surface area contributed by atoms with Crippen molar-refractivity contribution in [3.05, 3.63) is 29.3 Å². The van der Waals surface area contributed by atoms with E-state index in [1.54, 1.807) is 0 Å². The summed E-state index contributed by atoms with van der Waals surface area (Å²) >= 11 is 0. The van der Waals surface area contributed by atoms with Crippen molar-refractivity contribution in [1.29, 1.82) is 0 Å². The van der Waals surface area contributed by atoms with E-state index in [-0.39, 0.29) is 12.3 Å². The Balaban J connectivity index is 3.02. The van der Waals surface area contributed by atoms with Crippen molar-refractivity contribution in [2.24, 2.45) is 0 Å². The van der Waals surface area contributed by atoms with Gasteiger partial charge in [-0.25, -0.2) is 0 Å². The third-order valence-corrected chi connectivity index (χ3v) is 2.79. The monoisotopic (exact) mass is 236 g/mol. The minimum absolute atomic E-state index is 0.0273. The van der Waals surface area contributed by atoms with Gasteiger partial charge in [-0.15, -0.1) is 0 Å². The van der Waals surface area contributed by atoms with Gasteiger partial charge in [-0.3, -0.25) is 4.79 Å². The fourth-order valence-corrected chi connectivity index (χ4v) is 1.86. The van der Waals surface area contributed by atoms with E-state index in [4.69, 9.17) is 9.84 Å². The molecule has 1 aromatic rings. The van der Waals surface area contributed by atoms with Crippen molar-refractivity contribution in [3.8, 4) is 5.75 Å². The minimum Gasteiger partial charge on any atom is -0.494 e. The summed E-state index contributed by atoms with van der Waals surface area (Å²) in [6.45, 7) is 6.53. The Morgan fingerprint density at radius 3 is 2.65 bits per heavy atom. The number of hydrogen-bond acceptors (Lipinski definition) is 2. The first-order chi connectivity index (χ1) is 8.08. The molecule has 0 aliphatic carbocycles. The number of aliphatic carboxylic acids is 1. The number of rotatable bonds is 6. The molecule has 0 bridgehead atoms. The molecule has 3 nitrogen and oxygen atoms in total. The highest BCUT2D eigenvalue weighted by Gasteiger charge is 2.15. The van der Waals surface area contributed by atoms with Crippen LogP contribution >= 0.6 is 0 Å². The number of carbonyl (C=O) groups is 1. The van der Waals surface area contributed by atoms with E-state index in [1.807, 2.05) is 26.0 Å². The number of carboxylic acid groups (broad SMARTS) is 1. The highest BCUT2D eigenvalue weighted by Crippen LogP contribution is 2.30. The Kier molecular flexibility index (Phi) is 5.01. The quantitative estimate of drug-likeness (QED) is 0.824. The van der Waals surface area contributed by atoms with Crippen molar-refractivity contribution in [2.45, 2.75) is 39.5 Å². The second-order valence-electron chi connectivity index (χ2n) is 4.16. The lowest BCUT2D eigenvalue weighted by Gasteiger charge is -2.16. The van der Waals surface area contributed by atoms with Crippen LogP contribution in [0.25, 0.3) is 0 Å². The largest absolute Gasteiger partial charge is 0.494 e. The van der Waals surface area contributed by atoms with Gasteiger partial charge in [0.05, 0.1) is 13.0 Å². The molecule has 1 rings (SSSR count). The van der Waals surface area contributed by atoms with Gasteiger partial charge in [-0.05, 0) is 36.5 Å². The topological polar surface area (TPSA) is 46.5 Å². The molecule has 1 unspecified atom stereocenters. The Bertz CT molecular complexity index is 385. The summed E-state index contributed by atoms with van der Waals surface area (Å²) in [5.41, 5.74) is 2.20. The first kappa shape index (κ1) is 13.6. The number of benzene rings is 1. The van der Waals surface area contributed by atoms with Crippen LogP contribution in [-0.2, 0) is 11.2 Å². The Morgan fingerprint density at radius 2 is 2.12 bits per heavy atom. The van der Waals surface area contributed by atoms with Crippen LogP contribution in [0.5, 0.6) is 5.75 Å². The van der Waals surface area contributed by atoms with Crippen molar-refractivity contribution in [1.82, 2.24) is 0 Å². The predicted molar refractivity (Wildman–Crippen MR) is 67.7 cm³/mol. The smallest absolute Gasteiger partial charge is 0.303 e. The molecule has 1 N–H and O–H groups in total. The zero-order valence-corrected chi connectivity index (χ0v) is 10.7. The van der Waals surface area contributed by atoms with Crippen LogP contribution in [0.15, 0.2) is 18.2 Å². The zero-order chi connectivity index (χ0) is 12.8. The lowest BCUT2D eigenvalue weighted by atomic mass is 9.94. The molecule has 1 aromatic carbocycles. The van der Waals surface area contributed by atoms with E-state index in [2.05, 4.69) is 13.0 Å². The lowest BCUT2D eigenvalue weighted by Crippen LogP contribution is -2.06. The van der Waals surface area contributed by atoms with Crippen molar-refractivity contribution < 1.29 is 14.6 Å². The molecule has 0 radical (unpaired) electrons. The molecule has 0 aliphatic rings. The van der Waals surface area contributed by atoms with E-state index < -0.39 is 5.97 Å². The van der Waals surface area contributed by atoms with Gasteiger partial charge in [-0.1, -0.05) is 26.0 Å². The summed E-state index contributed by atoms with van der Waals surface area (Å²) in [5.74, 6) is 0.000787. The van der Waals surface area contributed by atoms with E-state index in [0.717, 1.165) is 17.7 Å². The van der Waals surface area contributed by atoms with E-state index in [0.29, 0.717) is 6.61 Å². The third-order valence-electron chi connectivity index (χ3n) is 2.79. The fourth-order valence-electron chi connectivity index (χ4n) is 1.86. The Hall–Kier alpha value is -1.51. The Labute approximate surface area is 102 Å². The maximum Gasteiger partial charge on any atom is 0.303 e. The van der Waals surface area contributed by atoms with Gasteiger partial charge in [-0.2, -0.15) is 0 Å². The first-order valence-corrected chi connectivity index (χ1v) is 6.05. The summed E-state index contributed by atoms with van der Waals surface area (Å²) in [6, 6.07) is 6.02. The first-order valence-electron chi connectivity index (χ1n) is 6.05. The average Bonchev–Trinajstić information content (AvgIpc) is 2.29. The van der Waals surface area contributed by atoms with Gasteiger partial charge in [0.15, 0.2) is 0 Å². The van der Waals surface area contributed by atoms with E-state index in [9.17, 15) is 4.79 Å². The molecule has 94 valence electrons. The molecule has 17 heavy (non-hydrogen) atoms. The van der Waals surface area contributed by atoms with Gasteiger partial charge < -0.3 is 9.84 Å². The van der Waals surface area contributed by atoms with Crippen LogP contribution in [0.4, 0.5) is 0 Å². The number of ether oxygens (including phenoxy) is 1. The minimum atomic E-state index is -0.776. The molecule has 1 atom stereocenters. The van der Waals surface area contributed by atoms with Gasteiger partial charge >= 0.3 is 5.97 Å². The molecular weight excluding hydrogens is 216 g/mol.